The van der Waals surface area contributed by atoms with E-state index in [2.05, 4.69) is 264 Å². The average Bonchev–Trinajstić information content (AvgIpc) is 4.02. The fourth-order valence-electron chi connectivity index (χ4n) is 11.1. The molecule has 4 nitrogen and oxygen atoms in total. The predicted octanol–water partition coefficient (Wildman–Crippen LogP) is 17.3. The van der Waals surface area contributed by atoms with Crippen LogP contribution >= 0.6 is 0 Å². The van der Waals surface area contributed by atoms with Gasteiger partial charge in [-0.3, -0.25) is 8.80 Å². The van der Waals surface area contributed by atoms with Crippen LogP contribution in [-0.4, -0.2) is 18.8 Å². The fourth-order valence-corrected chi connectivity index (χ4v) is 11.1. The Bertz CT molecular complexity index is 3920. The van der Waals surface area contributed by atoms with E-state index in [1.54, 1.807) is 0 Å². The van der Waals surface area contributed by atoms with E-state index in [1.165, 1.54) is 76.5 Å². The van der Waals surface area contributed by atoms with Crippen molar-refractivity contribution in [1.82, 2.24) is 18.8 Å². The summed E-state index contributed by atoms with van der Waals surface area (Å²) in [7, 11) is 0. The monoisotopic (exact) mass is 890 g/mol. The smallest absolute Gasteiger partial charge is 0.137 e. The predicted molar refractivity (Wildman–Crippen MR) is 292 cm³/mol. The average molecular weight is 891 g/mol. The molecule has 0 radical (unpaired) electrons. The first-order chi connectivity index (χ1) is 34.8. The zero-order chi connectivity index (χ0) is 46.1. The lowest BCUT2D eigenvalue weighted by molar-refractivity contribution is 1.19. The molecule has 0 saturated carbocycles. The zero-order valence-corrected chi connectivity index (χ0v) is 38.0. The minimum atomic E-state index is 0.927. The highest BCUT2D eigenvalue weighted by Gasteiger charge is 2.24. The minimum Gasteiger partial charge on any atom is -0.299 e. The van der Waals surface area contributed by atoms with Gasteiger partial charge in [-0.05, 0) is 101 Å². The quantitative estimate of drug-likeness (QED) is 0.149. The summed E-state index contributed by atoms with van der Waals surface area (Å²) in [6, 6.07) is 87.6. The SMILES string of the molecule is c1ccc(-c2c(-c3ccc(-c4c5ccccc5c(-c5c6ccccc6c(-c6ccc(-c7nc8ccccn8c7-c7ccccc7)cc6)c6ccccc56)c5ccccc45)cc3)nc3ccccn23)cc1. The molecule has 0 spiro atoms. The van der Waals surface area contributed by atoms with E-state index in [-0.39, 0.29) is 0 Å². The van der Waals surface area contributed by atoms with Gasteiger partial charge in [-0.2, -0.15) is 0 Å². The van der Waals surface area contributed by atoms with E-state index in [1.807, 2.05) is 0 Å². The van der Waals surface area contributed by atoms with E-state index in [9.17, 15) is 0 Å². The molecule has 0 aliphatic rings. The molecule has 0 aliphatic carbocycles. The van der Waals surface area contributed by atoms with Crippen molar-refractivity contribution < 1.29 is 0 Å². The van der Waals surface area contributed by atoms with Crippen LogP contribution in [0.15, 0.2) is 255 Å². The Kier molecular flexibility index (Phi) is 9.17. The van der Waals surface area contributed by atoms with Crippen LogP contribution in [0.3, 0.4) is 0 Å². The number of nitrogens with zero attached hydrogens (tertiary/aromatic N) is 4. The van der Waals surface area contributed by atoms with Crippen LogP contribution < -0.4 is 0 Å². The molecule has 0 bridgehead atoms. The van der Waals surface area contributed by atoms with E-state index >= 15 is 0 Å². The number of rotatable bonds is 7. The molecule has 0 aliphatic heterocycles. The van der Waals surface area contributed by atoms with Crippen molar-refractivity contribution in [2.45, 2.75) is 0 Å². The van der Waals surface area contributed by atoms with Crippen molar-refractivity contribution in [2.75, 3.05) is 0 Å². The Morgan fingerprint density at radius 2 is 0.486 bits per heavy atom. The van der Waals surface area contributed by atoms with Gasteiger partial charge in [-0.1, -0.05) is 218 Å². The van der Waals surface area contributed by atoms with Gasteiger partial charge in [-0.15, -0.1) is 0 Å². The zero-order valence-electron chi connectivity index (χ0n) is 38.0. The molecular weight excluding hydrogens is 849 g/mol. The van der Waals surface area contributed by atoms with Crippen LogP contribution in [0, 0.1) is 0 Å². The number of benzene rings is 10. The Morgan fingerprint density at radius 3 is 0.814 bits per heavy atom. The second kappa shape index (κ2) is 16.2. The standard InChI is InChI=1S/C66H42N4/c1-3-19-47(20-4-1)65-63(67-57-31-15-17-41-69(57)65)45-37-33-43(34-38-45)59-49-23-7-11-27-53(49)61(54-28-12-8-24-50(54)59)62-55-29-13-9-25-51(55)60(52-26-10-14-30-56(52)62)44-35-39-46(40-36-44)64-66(48-21-5-2-6-22-48)70-42-18-16-32-58(70)68-64/h1-42H. The third kappa shape index (κ3) is 6.24. The maximum Gasteiger partial charge on any atom is 0.137 e. The maximum atomic E-state index is 5.18. The molecule has 10 aromatic carbocycles. The van der Waals surface area contributed by atoms with Crippen LogP contribution in [0.2, 0.25) is 0 Å². The lowest BCUT2D eigenvalue weighted by Crippen LogP contribution is -1.95. The number of pyridine rings is 2. The first kappa shape index (κ1) is 39.8. The molecule has 0 atom stereocenters. The molecule has 4 heterocycles. The lowest BCUT2D eigenvalue weighted by Gasteiger charge is -2.22. The summed E-state index contributed by atoms with van der Waals surface area (Å²) in [6.45, 7) is 0. The van der Waals surface area contributed by atoms with Crippen molar-refractivity contribution in [2.24, 2.45) is 0 Å². The Hall–Kier alpha value is -9.38. The van der Waals surface area contributed by atoms with Crippen molar-refractivity contribution in [3.8, 4) is 78.4 Å². The molecule has 14 rings (SSSR count). The highest BCUT2D eigenvalue weighted by Crippen LogP contribution is 2.50. The number of hydrogen-bond acceptors (Lipinski definition) is 2. The first-order valence-corrected chi connectivity index (χ1v) is 23.9. The molecule has 14 aromatic rings. The highest BCUT2D eigenvalue weighted by molar-refractivity contribution is 6.30. The summed E-state index contributed by atoms with van der Waals surface area (Å²) in [5.74, 6) is 0. The van der Waals surface area contributed by atoms with Crippen molar-refractivity contribution in [3.05, 3.63) is 255 Å². The number of imidazole rings is 2. The van der Waals surface area contributed by atoms with Gasteiger partial charge < -0.3 is 0 Å². The molecular formula is C66H42N4. The first-order valence-electron chi connectivity index (χ1n) is 23.9. The summed E-state index contributed by atoms with van der Waals surface area (Å²) in [5, 5.41) is 9.77. The van der Waals surface area contributed by atoms with Crippen LogP contribution in [0.1, 0.15) is 0 Å². The number of fused-ring (bicyclic) bond motifs is 6. The van der Waals surface area contributed by atoms with E-state index in [0.717, 1.165) is 56.3 Å². The van der Waals surface area contributed by atoms with Crippen molar-refractivity contribution in [3.63, 3.8) is 0 Å². The molecule has 70 heavy (non-hydrogen) atoms. The molecule has 0 N–H and O–H groups in total. The van der Waals surface area contributed by atoms with Gasteiger partial charge in [0, 0.05) is 34.6 Å². The fraction of sp³-hybridized carbons (Fsp3) is 0. The van der Waals surface area contributed by atoms with Crippen LogP contribution in [0.25, 0.3) is 133 Å². The molecule has 0 unspecified atom stereocenters. The third-order valence-electron chi connectivity index (χ3n) is 14.2. The maximum absolute atomic E-state index is 5.18. The molecule has 0 saturated heterocycles. The molecule has 326 valence electrons. The summed E-state index contributed by atoms with van der Waals surface area (Å²) in [6.07, 6.45) is 4.21. The second-order valence-corrected chi connectivity index (χ2v) is 18.0. The van der Waals surface area contributed by atoms with Crippen molar-refractivity contribution in [1.29, 1.82) is 0 Å². The number of hydrogen-bond donors (Lipinski definition) is 0. The summed E-state index contributed by atoms with van der Waals surface area (Å²) in [5.41, 5.74) is 17.7. The second-order valence-electron chi connectivity index (χ2n) is 18.0. The molecule has 4 aromatic heterocycles. The summed E-state index contributed by atoms with van der Waals surface area (Å²) < 4.78 is 4.39. The topological polar surface area (TPSA) is 34.6 Å². The van der Waals surface area contributed by atoms with E-state index in [4.69, 9.17) is 9.97 Å². The normalized spacial score (nSPS) is 11.7. The van der Waals surface area contributed by atoms with Gasteiger partial charge in [0.05, 0.1) is 22.8 Å². The van der Waals surface area contributed by atoms with E-state index in [0.29, 0.717) is 0 Å². The van der Waals surface area contributed by atoms with Gasteiger partial charge >= 0.3 is 0 Å². The third-order valence-corrected chi connectivity index (χ3v) is 14.2. The minimum absolute atomic E-state index is 0.927. The Balaban J connectivity index is 0.941. The lowest BCUT2D eigenvalue weighted by atomic mass is 9.81. The Labute approximate surface area is 404 Å². The van der Waals surface area contributed by atoms with Gasteiger partial charge in [0.2, 0.25) is 0 Å². The largest absolute Gasteiger partial charge is 0.299 e. The van der Waals surface area contributed by atoms with Crippen LogP contribution in [0.5, 0.6) is 0 Å². The van der Waals surface area contributed by atoms with Gasteiger partial charge in [0.15, 0.2) is 0 Å². The van der Waals surface area contributed by atoms with Crippen LogP contribution in [0.4, 0.5) is 0 Å². The summed E-state index contributed by atoms with van der Waals surface area (Å²) >= 11 is 0. The Morgan fingerprint density at radius 1 is 0.214 bits per heavy atom. The molecule has 0 amide bonds. The van der Waals surface area contributed by atoms with Crippen molar-refractivity contribution >= 4 is 54.4 Å². The molecule has 4 heteroatoms. The number of aromatic nitrogens is 4. The molecule has 0 fully saturated rings. The summed E-state index contributed by atoms with van der Waals surface area (Å²) in [4.78, 5) is 10.4. The highest BCUT2D eigenvalue weighted by atomic mass is 15.0. The van der Waals surface area contributed by atoms with Gasteiger partial charge in [-0.25, -0.2) is 9.97 Å². The van der Waals surface area contributed by atoms with Crippen LogP contribution in [-0.2, 0) is 0 Å². The van der Waals surface area contributed by atoms with E-state index < -0.39 is 0 Å². The van der Waals surface area contributed by atoms with Gasteiger partial charge in [0.1, 0.15) is 11.3 Å². The van der Waals surface area contributed by atoms with Gasteiger partial charge in [0.25, 0.3) is 0 Å².